The van der Waals surface area contributed by atoms with E-state index in [-0.39, 0.29) is 0 Å². The first kappa shape index (κ1) is 15.1. The molecule has 1 aromatic heterocycles. The van der Waals surface area contributed by atoms with Crippen LogP contribution in [0.15, 0.2) is 46.9 Å². The second-order valence-corrected chi connectivity index (χ2v) is 7.04. The summed E-state index contributed by atoms with van der Waals surface area (Å²) in [5, 5.41) is 9.42. The van der Waals surface area contributed by atoms with Gasteiger partial charge in [0.25, 0.3) is 0 Å². The Kier molecular flexibility index (Phi) is 3.84. The lowest BCUT2D eigenvalue weighted by molar-refractivity contribution is 0.882. The maximum Gasteiger partial charge on any atom is 0.133 e. The van der Waals surface area contributed by atoms with E-state index < -0.39 is 0 Å². The van der Waals surface area contributed by atoms with E-state index in [1.165, 1.54) is 5.56 Å². The Morgan fingerprint density at radius 2 is 1.96 bits per heavy atom. The number of anilines is 1. The molecule has 116 valence electrons. The third kappa shape index (κ3) is 2.55. The van der Waals surface area contributed by atoms with Crippen molar-refractivity contribution in [3.63, 3.8) is 0 Å². The van der Waals surface area contributed by atoms with E-state index >= 15 is 0 Å². The van der Waals surface area contributed by atoms with Gasteiger partial charge in [0.05, 0.1) is 16.4 Å². The van der Waals surface area contributed by atoms with Gasteiger partial charge in [0.1, 0.15) is 5.82 Å². The van der Waals surface area contributed by atoms with E-state index in [0.29, 0.717) is 10.0 Å². The summed E-state index contributed by atoms with van der Waals surface area (Å²) in [5.74, 6) is 1.000. The molecule has 0 bridgehead atoms. The normalized spacial score (nSPS) is 13.0. The van der Waals surface area contributed by atoms with Crippen LogP contribution < -0.4 is 5.32 Å². The zero-order valence-electron chi connectivity index (χ0n) is 12.0. The van der Waals surface area contributed by atoms with Crippen LogP contribution in [0.3, 0.4) is 0 Å². The predicted octanol–water partition coefficient (Wildman–Crippen LogP) is 5.58. The van der Waals surface area contributed by atoms with Gasteiger partial charge in [-0.2, -0.15) is 5.10 Å². The van der Waals surface area contributed by atoms with Crippen LogP contribution in [-0.4, -0.2) is 16.3 Å². The Labute approximate surface area is 152 Å². The summed E-state index contributed by atoms with van der Waals surface area (Å²) in [7, 11) is 0. The average molecular weight is 409 g/mol. The molecule has 0 amide bonds. The highest BCUT2D eigenvalue weighted by atomic mass is 79.9. The standard InChI is InChI=1S/C17H12BrCl2N3/c18-13-4-2-1-3-11(13)16-12-7-8-21-17(12)23(22-16)15-6-5-10(19)9-14(15)20/h1-6,9,21H,7-8H2. The highest BCUT2D eigenvalue weighted by Crippen LogP contribution is 2.38. The Bertz CT molecular complexity index is 905. The van der Waals surface area contributed by atoms with Crippen LogP contribution in [0.25, 0.3) is 16.9 Å². The van der Waals surface area contributed by atoms with Crippen LogP contribution in [0.2, 0.25) is 10.0 Å². The monoisotopic (exact) mass is 407 g/mol. The molecule has 23 heavy (non-hydrogen) atoms. The fraction of sp³-hybridized carbons (Fsp3) is 0.118. The minimum Gasteiger partial charge on any atom is -0.369 e. The predicted molar refractivity (Wildman–Crippen MR) is 98.9 cm³/mol. The summed E-state index contributed by atoms with van der Waals surface area (Å²) in [6, 6.07) is 13.6. The molecule has 0 atom stereocenters. The largest absolute Gasteiger partial charge is 0.369 e. The molecule has 0 aliphatic carbocycles. The summed E-state index contributed by atoms with van der Waals surface area (Å²) >= 11 is 16.0. The first-order valence-corrected chi connectivity index (χ1v) is 8.76. The minimum absolute atomic E-state index is 0.579. The number of aromatic nitrogens is 2. The van der Waals surface area contributed by atoms with E-state index in [1.807, 2.05) is 35.0 Å². The lowest BCUT2D eigenvalue weighted by Crippen LogP contribution is -2.04. The fourth-order valence-corrected chi connectivity index (χ4v) is 3.83. The van der Waals surface area contributed by atoms with Crippen molar-refractivity contribution >= 4 is 44.9 Å². The molecule has 0 fully saturated rings. The minimum atomic E-state index is 0.579. The first-order chi connectivity index (χ1) is 11.1. The summed E-state index contributed by atoms with van der Waals surface area (Å²) < 4.78 is 2.90. The summed E-state index contributed by atoms with van der Waals surface area (Å²) in [6.45, 7) is 0.899. The Morgan fingerprint density at radius 3 is 2.74 bits per heavy atom. The lowest BCUT2D eigenvalue weighted by atomic mass is 10.1. The number of hydrogen-bond acceptors (Lipinski definition) is 2. The number of nitrogens with one attached hydrogen (secondary N) is 1. The SMILES string of the molecule is Clc1ccc(-n2nc(-c3ccccc3Br)c3c2NCC3)c(Cl)c1. The Hall–Kier alpha value is -1.49. The highest BCUT2D eigenvalue weighted by Gasteiger charge is 2.25. The van der Waals surface area contributed by atoms with Gasteiger partial charge in [-0.05, 0) is 30.7 Å². The zero-order valence-corrected chi connectivity index (χ0v) is 15.1. The molecule has 2 heterocycles. The van der Waals surface area contributed by atoms with Crippen LogP contribution in [0.5, 0.6) is 0 Å². The van der Waals surface area contributed by atoms with Crippen LogP contribution in [0.1, 0.15) is 5.56 Å². The van der Waals surface area contributed by atoms with Gasteiger partial charge in [-0.25, -0.2) is 4.68 Å². The molecule has 1 N–H and O–H groups in total. The number of benzene rings is 2. The first-order valence-electron chi connectivity index (χ1n) is 7.21. The molecule has 1 aliphatic heterocycles. The second kappa shape index (κ2) is 5.86. The van der Waals surface area contributed by atoms with Gasteiger partial charge in [0.2, 0.25) is 0 Å². The van der Waals surface area contributed by atoms with Crippen molar-refractivity contribution in [3.8, 4) is 16.9 Å². The van der Waals surface area contributed by atoms with Crippen LogP contribution in [-0.2, 0) is 6.42 Å². The molecule has 0 spiro atoms. The van der Waals surface area contributed by atoms with Gasteiger partial charge in [-0.15, -0.1) is 0 Å². The summed E-state index contributed by atoms with van der Waals surface area (Å²) in [5.41, 5.74) is 4.09. The van der Waals surface area contributed by atoms with Crippen LogP contribution in [0.4, 0.5) is 5.82 Å². The zero-order chi connectivity index (χ0) is 16.0. The van der Waals surface area contributed by atoms with E-state index in [1.54, 1.807) is 6.07 Å². The van der Waals surface area contributed by atoms with Crippen molar-refractivity contribution in [1.29, 1.82) is 0 Å². The number of fused-ring (bicyclic) bond motifs is 1. The maximum absolute atomic E-state index is 6.37. The molecule has 0 saturated carbocycles. The molecule has 0 radical (unpaired) electrons. The van der Waals surface area contributed by atoms with E-state index in [0.717, 1.165) is 40.2 Å². The molecule has 0 unspecified atom stereocenters. The third-order valence-corrected chi connectivity index (χ3v) is 5.15. The average Bonchev–Trinajstić information content (AvgIpc) is 3.11. The van der Waals surface area contributed by atoms with Crippen LogP contribution in [0, 0.1) is 0 Å². The van der Waals surface area contributed by atoms with Crippen molar-refractivity contribution in [2.75, 3.05) is 11.9 Å². The van der Waals surface area contributed by atoms with Gasteiger partial charge >= 0.3 is 0 Å². The quantitative estimate of drug-likeness (QED) is 0.600. The molecule has 3 nitrogen and oxygen atoms in total. The molecular formula is C17H12BrCl2N3. The third-order valence-electron chi connectivity index (χ3n) is 3.92. The second-order valence-electron chi connectivity index (χ2n) is 5.34. The number of nitrogens with zero attached hydrogens (tertiary/aromatic N) is 2. The molecule has 6 heteroatoms. The molecule has 4 rings (SSSR count). The van der Waals surface area contributed by atoms with Gasteiger partial charge in [-0.3, -0.25) is 0 Å². The molecule has 0 saturated heterocycles. The van der Waals surface area contributed by atoms with Gasteiger partial charge in [-0.1, -0.05) is 57.3 Å². The molecule has 3 aromatic rings. The van der Waals surface area contributed by atoms with Crippen molar-refractivity contribution in [3.05, 3.63) is 62.5 Å². The summed E-state index contributed by atoms with van der Waals surface area (Å²) in [6.07, 6.45) is 0.942. The van der Waals surface area contributed by atoms with Crippen LogP contribution >= 0.6 is 39.1 Å². The Morgan fingerprint density at radius 1 is 1.13 bits per heavy atom. The fourth-order valence-electron chi connectivity index (χ4n) is 2.87. The molecule has 1 aliphatic rings. The smallest absolute Gasteiger partial charge is 0.133 e. The van der Waals surface area contributed by atoms with Gasteiger partial charge in [0, 0.05) is 27.2 Å². The molecule has 2 aromatic carbocycles. The molecular weight excluding hydrogens is 397 g/mol. The highest BCUT2D eigenvalue weighted by molar-refractivity contribution is 9.10. The number of rotatable bonds is 2. The Balaban J connectivity index is 1.94. The van der Waals surface area contributed by atoms with Crippen molar-refractivity contribution < 1.29 is 0 Å². The maximum atomic E-state index is 6.37. The lowest BCUT2D eigenvalue weighted by Gasteiger charge is -2.08. The van der Waals surface area contributed by atoms with Gasteiger partial charge < -0.3 is 5.32 Å². The topological polar surface area (TPSA) is 29.9 Å². The van der Waals surface area contributed by atoms with Crippen molar-refractivity contribution in [1.82, 2.24) is 9.78 Å². The summed E-state index contributed by atoms with van der Waals surface area (Å²) in [4.78, 5) is 0. The van der Waals surface area contributed by atoms with Crippen molar-refractivity contribution in [2.24, 2.45) is 0 Å². The van der Waals surface area contributed by atoms with Gasteiger partial charge in [0.15, 0.2) is 0 Å². The van der Waals surface area contributed by atoms with E-state index in [9.17, 15) is 0 Å². The van der Waals surface area contributed by atoms with Crippen molar-refractivity contribution in [2.45, 2.75) is 6.42 Å². The van der Waals surface area contributed by atoms with E-state index in [2.05, 4.69) is 27.3 Å². The number of halogens is 3. The number of hydrogen-bond donors (Lipinski definition) is 1. The van der Waals surface area contributed by atoms with E-state index in [4.69, 9.17) is 28.3 Å².